The van der Waals surface area contributed by atoms with Crippen LogP contribution in [0.1, 0.15) is 26.4 Å². The van der Waals surface area contributed by atoms with Crippen LogP contribution >= 0.6 is 0 Å². The minimum absolute atomic E-state index is 0.0131. The predicted molar refractivity (Wildman–Crippen MR) is 109 cm³/mol. The molecule has 0 fully saturated rings. The van der Waals surface area contributed by atoms with Crippen LogP contribution in [-0.4, -0.2) is 38.0 Å². The van der Waals surface area contributed by atoms with Gasteiger partial charge in [-0.2, -0.15) is 0 Å². The van der Waals surface area contributed by atoms with Gasteiger partial charge in [-0.15, -0.1) is 0 Å². The number of hydrogen-bond acceptors (Lipinski definition) is 6. The number of anilines is 1. The summed E-state index contributed by atoms with van der Waals surface area (Å²) in [4.78, 5) is 28.1. The fraction of sp³-hybridized carbons (Fsp3) is 0.143. The van der Waals surface area contributed by atoms with Crippen molar-refractivity contribution in [2.24, 2.45) is 5.73 Å². The minimum Gasteiger partial charge on any atom is -0.497 e. The first-order valence-electron chi connectivity index (χ1n) is 8.63. The fourth-order valence-corrected chi connectivity index (χ4v) is 3.11. The third kappa shape index (κ3) is 3.60. The number of benzene rings is 2. The second-order valence-electron chi connectivity index (χ2n) is 6.16. The predicted octanol–water partition coefficient (Wildman–Crippen LogP) is 2.62. The van der Waals surface area contributed by atoms with Crippen LogP contribution < -0.4 is 25.7 Å². The smallest absolute Gasteiger partial charge is 0.253 e. The first kappa shape index (κ1) is 19.8. The van der Waals surface area contributed by atoms with E-state index in [4.69, 9.17) is 25.7 Å². The maximum atomic E-state index is 13.2. The van der Waals surface area contributed by atoms with E-state index >= 15 is 0 Å². The molecule has 2 aromatic carbocycles. The van der Waals surface area contributed by atoms with E-state index in [1.807, 2.05) is 0 Å². The van der Waals surface area contributed by atoms with Crippen molar-refractivity contribution >= 4 is 17.5 Å². The number of aromatic amines is 1. The largest absolute Gasteiger partial charge is 0.497 e. The second kappa shape index (κ2) is 7.97. The number of H-pyrrole nitrogens is 1. The summed E-state index contributed by atoms with van der Waals surface area (Å²) in [6.07, 6.45) is 0. The van der Waals surface area contributed by atoms with Crippen LogP contribution in [0.2, 0.25) is 0 Å². The molecule has 1 heterocycles. The zero-order chi connectivity index (χ0) is 21.1. The molecule has 8 heteroatoms. The quantitative estimate of drug-likeness (QED) is 0.527. The maximum absolute atomic E-state index is 13.2. The number of nitrogens with one attached hydrogen (secondary N) is 1. The zero-order valence-corrected chi connectivity index (χ0v) is 16.2. The van der Waals surface area contributed by atoms with Crippen molar-refractivity contribution in [1.82, 2.24) is 4.98 Å². The van der Waals surface area contributed by atoms with E-state index in [1.54, 1.807) is 42.5 Å². The maximum Gasteiger partial charge on any atom is 0.253 e. The Kier molecular flexibility index (Phi) is 5.45. The van der Waals surface area contributed by atoms with Crippen molar-refractivity contribution in [2.75, 3.05) is 27.1 Å². The Balaban J connectivity index is 2.20. The average Bonchev–Trinajstić information content (AvgIpc) is 3.10. The van der Waals surface area contributed by atoms with Crippen LogP contribution in [0.25, 0.3) is 11.1 Å². The Labute approximate surface area is 167 Å². The van der Waals surface area contributed by atoms with Crippen LogP contribution in [0.15, 0.2) is 42.5 Å². The van der Waals surface area contributed by atoms with Crippen molar-refractivity contribution in [1.29, 1.82) is 0 Å². The highest BCUT2D eigenvalue weighted by Gasteiger charge is 2.26. The molecule has 0 aliphatic carbocycles. The van der Waals surface area contributed by atoms with Gasteiger partial charge in [0.15, 0.2) is 11.5 Å². The zero-order valence-electron chi connectivity index (χ0n) is 16.2. The highest BCUT2D eigenvalue weighted by atomic mass is 16.5. The molecule has 3 rings (SSSR count). The molecule has 0 saturated heterocycles. The van der Waals surface area contributed by atoms with E-state index in [0.29, 0.717) is 33.9 Å². The van der Waals surface area contributed by atoms with E-state index in [0.717, 1.165) is 0 Å². The third-order valence-electron chi connectivity index (χ3n) is 4.53. The molecule has 0 radical (unpaired) electrons. The third-order valence-corrected chi connectivity index (χ3v) is 4.53. The Morgan fingerprint density at radius 2 is 1.55 bits per heavy atom. The summed E-state index contributed by atoms with van der Waals surface area (Å²) < 4.78 is 15.7. The van der Waals surface area contributed by atoms with Crippen molar-refractivity contribution in [3.63, 3.8) is 0 Å². The fourth-order valence-electron chi connectivity index (χ4n) is 3.11. The Hall–Kier alpha value is -3.94. The van der Waals surface area contributed by atoms with E-state index in [2.05, 4.69) is 4.98 Å². The van der Waals surface area contributed by atoms with Gasteiger partial charge in [0, 0.05) is 11.1 Å². The number of ether oxygens (including phenoxy) is 3. The second-order valence-corrected chi connectivity index (χ2v) is 6.16. The van der Waals surface area contributed by atoms with Crippen molar-refractivity contribution in [2.45, 2.75) is 0 Å². The molecular weight excluding hydrogens is 374 g/mol. The SMILES string of the molecule is COc1ccc(C(=O)c2[nH]c(N)c(C(N)=O)c2-c2ccc(OC)c(OC)c2)cc1. The van der Waals surface area contributed by atoms with Crippen LogP contribution in [0.4, 0.5) is 5.82 Å². The van der Waals surface area contributed by atoms with E-state index in [9.17, 15) is 9.59 Å². The number of primary amides is 1. The van der Waals surface area contributed by atoms with Gasteiger partial charge in [0.1, 0.15) is 11.6 Å². The number of hydrogen-bond donors (Lipinski definition) is 3. The van der Waals surface area contributed by atoms with Gasteiger partial charge in [0.25, 0.3) is 5.91 Å². The molecule has 0 bridgehead atoms. The molecule has 1 aromatic heterocycles. The van der Waals surface area contributed by atoms with E-state index in [-0.39, 0.29) is 22.9 Å². The lowest BCUT2D eigenvalue weighted by atomic mass is 9.96. The molecule has 29 heavy (non-hydrogen) atoms. The number of carbonyl (C=O) groups excluding carboxylic acids is 2. The Morgan fingerprint density at radius 1 is 0.897 bits per heavy atom. The first-order chi connectivity index (χ1) is 13.9. The molecule has 0 atom stereocenters. The van der Waals surface area contributed by atoms with Gasteiger partial charge in [0.2, 0.25) is 5.78 Å². The Morgan fingerprint density at radius 3 is 2.10 bits per heavy atom. The van der Waals surface area contributed by atoms with Gasteiger partial charge in [-0.1, -0.05) is 6.07 Å². The number of methoxy groups -OCH3 is 3. The summed E-state index contributed by atoms with van der Waals surface area (Å²) in [7, 11) is 4.54. The minimum atomic E-state index is -0.752. The molecule has 8 nitrogen and oxygen atoms in total. The van der Waals surface area contributed by atoms with Gasteiger partial charge in [0.05, 0.1) is 32.6 Å². The molecule has 0 unspecified atom stereocenters. The number of ketones is 1. The van der Waals surface area contributed by atoms with E-state index < -0.39 is 5.91 Å². The molecule has 0 aliphatic heterocycles. The molecule has 0 aliphatic rings. The number of carbonyl (C=O) groups is 2. The topological polar surface area (TPSA) is 130 Å². The summed E-state index contributed by atoms with van der Waals surface area (Å²) in [6, 6.07) is 11.6. The monoisotopic (exact) mass is 395 g/mol. The number of rotatable bonds is 7. The lowest BCUT2D eigenvalue weighted by Crippen LogP contribution is -2.13. The van der Waals surface area contributed by atoms with E-state index in [1.165, 1.54) is 21.3 Å². The summed E-state index contributed by atoms with van der Waals surface area (Å²) >= 11 is 0. The molecule has 1 amide bonds. The molecule has 0 spiro atoms. The van der Waals surface area contributed by atoms with Gasteiger partial charge < -0.3 is 30.7 Å². The molecule has 3 aromatic rings. The molecular formula is C21H21N3O5. The molecule has 5 N–H and O–H groups in total. The first-order valence-corrected chi connectivity index (χ1v) is 8.63. The average molecular weight is 395 g/mol. The lowest BCUT2D eigenvalue weighted by molar-refractivity contribution is 0.100. The summed E-state index contributed by atoms with van der Waals surface area (Å²) in [5.74, 6) is 0.463. The number of amides is 1. The Bertz CT molecular complexity index is 1070. The number of nitrogens with two attached hydrogens (primary N) is 2. The highest BCUT2D eigenvalue weighted by Crippen LogP contribution is 2.38. The van der Waals surface area contributed by atoms with Gasteiger partial charge in [-0.3, -0.25) is 9.59 Å². The summed E-state index contributed by atoms with van der Waals surface area (Å²) in [5.41, 5.74) is 12.9. The van der Waals surface area contributed by atoms with Crippen molar-refractivity contribution in [3.05, 3.63) is 59.3 Å². The number of nitrogen functional groups attached to an aromatic ring is 1. The van der Waals surface area contributed by atoms with Gasteiger partial charge in [-0.05, 0) is 42.0 Å². The standard InChI is InChI=1S/C21H21N3O5/c1-27-13-7-4-11(5-8-13)19(25)18-16(17(21(23)26)20(22)24-18)12-6-9-14(28-2)15(10-12)29-3/h4-10,24H,22H2,1-3H3,(H2,23,26). The van der Waals surface area contributed by atoms with Crippen LogP contribution in [0.3, 0.4) is 0 Å². The van der Waals surface area contributed by atoms with Crippen molar-refractivity contribution in [3.8, 4) is 28.4 Å². The van der Waals surface area contributed by atoms with Crippen LogP contribution in [-0.2, 0) is 0 Å². The number of aromatic nitrogens is 1. The highest BCUT2D eigenvalue weighted by molar-refractivity contribution is 6.17. The lowest BCUT2D eigenvalue weighted by Gasteiger charge is -2.11. The van der Waals surface area contributed by atoms with Gasteiger partial charge in [-0.25, -0.2) is 0 Å². The summed E-state index contributed by atoms with van der Waals surface area (Å²) in [5, 5.41) is 0. The van der Waals surface area contributed by atoms with Crippen LogP contribution in [0, 0.1) is 0 Å². The van der Waals surface area contributed by atoms with Crippen molar-refractivity contribution < 1.29 is 23.8 Å². The molecule has 0 saturated carbocycles. The normalized spacial score (nSPS) is 10.4. The van der Waals surface area contributed by atoms with Crippen LogP contribution in [0.5, 0.6) is 17.2 Å². The molecule has 150 valence electrons. The summed E-state index contributed by atoms with van der Waals surface area (Å²) in [6.45, 7) is 0. The van der Waals surface area contributed by atoms with Gasteiger partial charge >= 0.3 is 0 Å².